The number of carbonyl (C=O) groups is 6. The molecule has 21 heteroatoms. The van der Waals surface area contributed by atoms with E-state index in [1.807, 2.05) is 4.90 Å². The minimum absolute atomic E-state index is 0.0306. The quantitative estimate of drug-likeness (QED) is 0.0466. The lowest BCUT2D eigenvalue weighted by atomic mass is 10.0. The maximum atomic E-state index is 13.7. The van der Waals surface area contributed by atoms with E-state index in [-0.39, 0.29) is 47.9 Å². The van der Waals surface area contributed by atoms with E-state index >= 15 is 0 Å². The molecule has 0 spiro atoms. The van der Waals surface area contributed by atoms with Gasteiger partial charge in [-0.25, -0.2) is 14.4 Å². The molecule has 4 heterocycles. The van der Waals surface area contributed by atoms with Gasteiger partial charge in [-0.15, -0.1) is 0 Å². The Morgan fingerprint density at radius 2 is 1.66 bits per heavy atom. The molecule has 2 fully saturated rings. The van der Waals surface area contributed by atoms with E-state index in [1.54, 1.807) is 24.3 Å². The number of benzene rings is 3. The molecule has 1 aromatic heterocycles. The number of carbonyl (C=O) groups excluding carboxylic acids is 6. The van der Waals surface area contributed by atoms with E-state index in [1.165, 1.54) is 30.6 Å². The average Bonchev–Trinajstić information content (AvgIpc) is 3.58. The lowest BCUT2D eigenvalue weighted by Crippen LogP contribution is -2.54. The van der Waals surface area contributed by atoms with Gasteiger partial charge >= 0.3 is 0 Å². The first-order valence-electron chi connectivity index (χ1n) is 21.9. The van der Waals surface area contributed by atoms with Crippen molar-refractivity contribution in [2.45, 2.75) is 31.7 Å². The topological polar surface area (TPSA) is 223 Å². The molecule has 354 valence electrons. The van der Waals surface area contributed by atoms with E-state index in [2.05, 4.69) is 42.7 Å². The monoisotopic (exact) mass is 943 g/mol. The number of nitrogens with zero attached hydrogens (tertiary/aromatic N) is 5. The van der Waals surface area contributed by atoms with Crippen LogP contribution in [-0.4, -0.2) is 152 Å². The molecular weight excluding hydrogens is 893 g/mol. The van der Waals surface area contributed by atoms with Crippen LogP contribution in [0.5, 0.6) is 5.75 Å². The van der Waals surface area contributed by atoms with E-state index in [4.69, 9.17) is 30.5 Å². The van der Waals surface area contributed by atoms with Crippen molar-refractivity contribution in [2.75, 3.05) is 101 Å². The van der Waals surface area contributed by atoms with E-state index in [0.717, 1.165) is 30.6 Å². The van der Waals surface area contributed by atoms with Crippen LogP contribution in [0.15, 0.2) is 67.5 Å². The lowest BCUT2D eigenvalue weighted by Gasteiger charge is -2.34. The van der Waals surface area contributed by atoms with Gasteiger partial charge in [0.1, 0.15) is 29.8 Å². The van der Waals surface area contributed by atoms with Gasteiger partial charge in [-0.3, -0.25) is 43.9 Å². The van der Waals surface area contributed by atoms with Gasteiger partial charge in [-0.1, -0.05) is 24.2 Å². The molecule has 6 amide bonds. The predicted molar refractivity (Wildman–Crippen MR) is 245 cm³/mol. The van der Waals surface area contributed by atoms with E-state index < -0.39 is 41.4 Å². The zero-order valence-corrected chi connectivity index (χ0v) is 37.4. The van der Waals surface area contributed by atoms with E-state index in [9.17, 15) is 33.2 Å². The van der Waals surface area contributed by atoms with Crippen LogP contribution in [0.2, 0.25) is 5.02 Å². The van der Waals surface area contributed by atoms with Crippen molar-refractivity contribution in [3.8, 4) is 5.75 Å². The molecule has 0 aliphatic carbocycles. The molecule has 0 bridgehead atoms. The fourth-order valence-corrected chi connectivity index (χ4v) is 7.95. The van der Waals surface area contributed by atoms with Crippen LogP contribution in [-0.2, 0) is 33.4 Å². The van der Waals surface area contributed by atoms with Crippen LogP contribution in [0.3, 0.4) is 0 Å². The second-order valence-corrected chi connectivity index (χ2v) is 16.1. The highest BCUT2D eigenvalue weighted by Gasteiger charge is 2.45. The minimum Gasteiger partial charge on any atom is -0.491 e. The minimum atomic E-state index is -1.03. The first kappa shape index (κ1) is 48.4. The first-order chi connectivity index (χ1) is 32.5. The van der Waals surface area contributed by atoms with Crippen molar-refractivity contribution in [3.05, 3.63) is 89.5 Å². The first-order valence-corrected chi connectivity index (χ1v) is 22.3. The van der Waals surface area contributed by atoms with Crippen LogP contribution >= 0.6 is 11.6 Å². The van der Waals surface area contributed by atoms with Crippen molar-refractivity contribution < 1.29 is 52.1 Å². The van der Waals surface area contributed by atoms with Gasteiger partial charge in [-0.2, -0.15) is 0 Å². The summed E-state index contributed by atoms with van der Waals surface area (Å²) in [5, 5.41) is 11.8. The molecule has 1 unspecified atom stereocenters. The number of aromatic nitrogens is 2. The Labute approximate surface area is 390 Å². The Balaban J connectivity index is 0.731. The van der Waals surface area contributed by atoms with Crippen LogP contribution < -0.4 is 26.0 Å². The molecule has 3 aliphatic rings. The third-order valence-electron chi connectivity index (χ3n) is 11.2. The zero-order valence-electron chi connectivity index (χ0n) is 36.7. The highest BCUT2D eigenvalue weighted by molar-refractivity contribution is 6.31. The Morgan fingerprint density at radius 3 is 2.40 bits per heavy atom. The lowest BCUT2D eigenvalue weighted by molar-refractivity contribution is -0.136. The van der Waals surface area contributed by atoms with E-state index in [0.29, 0.717) is 105 Å². The molecule has 0 saturated carbocycles. The number of hydrogen-bond acceptors (Lipinski definition) is 15. The number of nitrogens with one attached hydrogen (secondary N) is 4. The Bertz CT molecular complexity index is 2510. The number of piperidine rings is 1. The molecule has 3 aliphatic heterocycles. The molecule has 3 aromatic carbocycles. The third kappa shape index (κ3) is 12.5. The number of anilines is 4. The summed E-state index contributed by atoms with van der Waals surface area (Å²) in [6.07, 6.45) is 3.64. The van der Waals surface area contributed by atoms with Crippen LogP contribution in [0, 0.1) is 5.82 Å². The highest BCUT2D eigenvalue weighted by Crippen LogP contribution is 2.35. The van der Waals surface area contributed by atoms with Crippen LogP contribution in [0.1, 0.15) is 46.4 Å². The second-order valence-electron chi connectivity index (χ2n) is 15.6. The fourth-order valence-electron chi connectivity index (χ4n) is 7.77. The maximum Gasteiger partial charge on any atom is 0.264 e. The zero-order chi connectivity index (χ0) is 47.3. The number of rotatable bonds is 23. The van der Waals surface area contributed by atoms with Crippen LogP contribution in [0.25, 0.3) is 10.9 Å². The summed E-state index contributed by atoms with van der Waals surface area (Å²) in [7, 11) is 0. The standard InChI is InChI=1S/C46H51ClFN9O10/c1-2-39(58)53-36-26-31-35(50-28-51-43(31)52-29-7-8-33(48)32(47)25-29)27-38(36)67-18-4-13-55-14-16-56(17-15-55)41(60)11-19-64-21-23-66-24-22-65-20-12-49-34-6-3-5-30-42(34)46(63)57(45(30)62)37-9-10-40(59)54-44(37)61/h2-3,5-8,25-28,37,49H,1,4,9-24H2,(H,53,58)(H,50,51,52)(H,54,59,61). The van der Waals surface area contributed by atoms with Gasteiger partial charge in [0, 0.05) is 68.5 Å². The molecule has 19 nitrogen and oxygen atoms in total. The number of hydrogen-bond donors (Lipinski definition) is 4. The summed E-state index contributed by atoms with van der Waals surface area (Å²) >= 11 is 5.96. The van der Waals surface area contributed by atoms with Crippen molar-refractivity contribution >= 4 is 80.8 Å². The number of halogens is 2. The third-order valence-corrected chi connectivity index (χ3v) is 11.5. The summed E-state index contributed by atoms with van der Waals surface area (Å²) in [4.78, 5) is 89.1. The van der Waals surface area contributed by atoms with Gasteiger partial charge in [0.2, 0.25) is 23.6 Å². The van der Waals surface area contributed by atoms with Crippen molar-refractivity contribution in [3.63, 3.8) is 0 Å². The predicted octanol–water partition coefficient (Wildman–Crippen LogP) is 4.16. The normalized spacial score (nSPS) is 16.2. The second kappa shape index (κ2) is 23.2. The molecule has 7 rings (SSSR count). The number of amides is 6. The number of fused-ring (bicyclic) bond motifs is 2. The van der Waals surface area contributed by atoms with Crippen molar-refractivity contribution in [2.24, 2.45) is 0 Å². The molecule has 67 heavy (non-hydrogen) atoms. The smallest absolute Gasteiger partial charge is 0.264 e. The SMILES string of the molecule is C=CC(=O)Nc1cc2c(Nc3ccc(F)c(Cl)c3)ncnc2cc1OCCCN1CCN(C(=O)CCOCCOCCOCCNc2cccc3c2C(=O)N(C2CCC(=O)NC2=O)C3=O)CC1. The Kier molecular flexibility index (Phi) is 16.8. The summed E-state index contributed by atoms with van der Waals surface area (Å²) in [5.74, 6) is -2.32. The van der Waals surface area contributed by atoms with Gasteiger partial charge in [0.25, 0.3) is 11.8 Å². The molecule has 2 saturated heterocycles. The summed E-state index contributed by atoms with van der Waals surface area (Å²) < 4.78 is 36.7. The summed E-state index contributed by atoms with van der Waals surface area (Å²) in [5.41, 5.74) is 2.32. The highest BCUT2D eigenvalue weighted by atomic mass is 35.5. The largest absolute Gasteiger partial charge is 0.491 e. The Morgan fingerprint density at radius 1 is 0.896 bits per heavy atom. The van der Waals surface area contributed by atoms with Crippen molar-refractivity contribution in [1.29, 1.82) is 0 Å². The average molecular weight is 944 g/mol. The van der Waals surface area contributed by atoms with Crippen molar-refractivity contribution in [1.82, 2.24) is 30.0 Å². The maximum absolute atomic E-state index is 13.7. The fraction of sp³-hybridized carbons (Fsp3) is 0.391. The molecule has 1 atom stereocenters. The molecular formula is C46H51ClFN9O10. The molecule has 4 aromatic rings. The summed E-state index contributed by atoms with van der Waals surface area (Å²) in [6, 6.07) is 11.5. The summed E-state index contributed by atoms with van der Waals surface area (Å²) in [6.45, 7) is 9.56. The molecule has 4 N–H and O–H groups in total. The van der Waals surface area contributed by atoms with Gasteiger partial charge in [0.05, 0.1) is 80.0 Å². The Hall–Kier alpha value is -6.58. The van der Waals surface area contributed by atoms with Crippen LogP contribution in [0.4, 0.5) is 27.3 Å². The van der Waals surface area contributed by atoms with Gasteiger partial charge in [0.15, 0.2) is 0 Å². The number of imide groups is 2. The van der Waals surface area contributed by atoms with Gasteiger partial charge < -0.3 is 39.8 Å². The van der Waals surface area contributed by atoms with Gasteiger partial charge in [-0.05, 0) is 55.3 Å². The molecule has 0 radical (unpaired) electrons. The number of piperazine rings is 1. The number of ether oxygens (including phenoxy) is 4.